The van der Waals surface area contributed by atoms with Crippen molar-refractivity contribution in [2.75, 3.05) is 25.0 Å². The molecule has 1 aliphatic heterocycles. The summed E-state index contributed by atoms with van der Waals surface area (Å²) in [6.45, 7) is 1.49. The highest BCUT2D eigenvalue weighted by Crippen LogP contribution is 2.18. The molecule has 1 aliphatic rings. The third kappa shape index (κ3) is 4.71. The summed E-state index contributed by atoms with van der Waals surface area (Å²) in [6, 6.07) is 9.30. The Bertz CT molecular complexity index is 876. The molecule has 2 amide bonds. The van der Waals surface area contributed by atoms with Gasteiger partial charge >= 0.3 is 0 Å². The van der Waals surface area contributed by atoms with Crippen molar-refractivity contribution >= 4 is 17.5 Å². The first-order chi connectivity index (χ1) is 13.5. The number of hydrogen-bond donors (Lipinski definition) is 3. The third-order valence-electron chi connectivity index (χ3n) is 4.60. The van der Waals surface area contributed by atoms with Crippen molar-refractivity contribution in [3.8, 4) is 0 Å². The van der Waals surface area contributed by atoms with Crippen LogP contribution in [0.25, 0.3) is 0 Å². The van der Waals surface area contributed by atoms with E-state index in [2.05, 4.69) is 10.6 Å². The van der Waals surface area contributed by atoms with Gasteiger partial charge in [-0.25, -0.2) is 8.78 Å². The average molecular weight is 389 g/mol. The number of amides is 2. The van der Waals surface area contributed by atoms with Gasteiger partial charge in [0.05, 0.1) is 11.7 Å². The maximum Gasteiger partial charge on any atom is 0.255 e. The van der Waals surface area contributed by atoms with Crippen molar-refractivity contribution in [1.29, 1.82) is 0 Å². The largest absolute Gasteiger partial charge is 0.396 e. The first kappa shape index (κ1) is 19.9. The number of aliphatic hydroxyl groups is 1. The highest BCUT2D eigenvalue weighted by molar-refractivity contribution is 6.04. The topological polar surface area (TPSA) is 81.7 Å². The van der Waals surface area contributed by atoms with Crippen LogP contribution in [-0.2, 0) is 11.3 Å². The molecule has 28 heavy (non-hydrogen) atoms. The second-order valence-electron chi connectivity index (χ2n) is 6.57. The summed E-state index contributed by atoms with van der Waals surface area (Å²) in [5, 5.41) is 14.4. The number of hydrogen-bond acceptors (Lipinski definition) is 4. The molecule has 1 fully saturated rings. The van der Waals surface area contributed by atoms with Crippen LogP contribution in [-0.4, -0.2) is 47.6 Å². The number of carbonyl (C=O) groups excluding carboxylic acids is 2. The quantitative estimate of drug-likeness (QED) is 0.705. The zero-order chi connectivity index (χ0) is 20.1. The average Bonchev–Trinajstić information content (AvgIpc) is 2.67. The van der Waals surface area contributed by atoms with Crippen LogP contribution < -0.4 is 10.6 Å². The Morgan fingerprint density at radius 2 is 2.07 bits per heavy atom. The highest BCUT2D eigenvalue weighted by Gasteiger charge is 2.29. The Morgan fingerprint density at radius 3 is 2.82 bits per heavy atom. The molecule has 0 bridgehead atoms. The van der Waals surface area contributed by atoms with Gasteiger partial charge in [-0.1, -0.05) is 12.1 Å². The van der Waals surface area contributed by atoms with Crippen LogP contribution in [0.2, 0.25) is 0 Å². The second kappa shape index (κ2) is 8.90. The van der Waals surface area contributed by atoms with Crippen LogP contribution in [0, 0.1) is 11.6 Å². The van der Waals surface area contributed by atoms with E-state index < -0.39 is 23.6 Å². The lowest BCUT2D eigenvalue weighted by atomic mass is 10.1. The normalized spacial score (nSPS) is 17.2. The Balaban J connectivity index is 1.72. The molecule has 0 saturated carbocycles. The number of benzene rings is 2. The summed E-state index contributed by atoms with van der Waals surface area (Å²) < 4.78 is 26.7. The molecule has 0 radical (unpaired) electrons. The van der Waals surface area contributed by atoms with E-state index in [1.54, 1.807) is 18.2 Å². The number of carbonyl (C=O) groups is 2. The van der Waals surface area contributed by atoms with Crippen LogP contribution in [0.5, 0.6) is 0 Å². The molecule has 2 aromatic carbocycles. The Kier molecular flexibility index (Phi) is 6.33. The van der Waals surface area contributed by atoms with E-state index in [0.717, 1.165) is 17.7 Å². The second-order valence-corrected chi connectivity index (χ2v) is 6.57. The minimum absolute atomic E-state index is 0.0970. The molecule has 2 aromatic rings. The lowest BCUT2D eigenvalue weighted by Crippen LogP contribution is -2.55. The van der Waals surface area contributed by atoms with Gasteiger partial charge in [-0.3, -0.25) is 14.5 Å². The molecule has 0 aromatic heterocycles. The van der Waals surface area contributed by atoms with E-state index in [-0.39, 0.29) is 18.2 Å². The summed E-state index contributed by atoms with van der Waals surface area (Å²) in [4.78, 5) is 26.4. The third-order valence-corrected chi connectivity index (χ3v) is 4.60. The van der Waals surface area contributed by atoms with Gasteiger partial charge in [0.15, 0.2) is 0 Å². The number of aliphatic hydroxyl groups excluding tert-OH is 1. The van der Waals surface area contributed by atoms with Crippen LogP contribution >= 0.6 is 0 Å². The molecular formula is C20H21F2N3O3. The number of rotatable bonds is 6. The lowest BCUT2D eigenvalue weighted by Gasteiger charge is -2.34. The molecule has 1 saturated heterocycles. The number of anilines is 1. The number of halogens is 2. The molecule has 0 aliphatic carbocycles. The maximum absolute atomic E-state index is 13.7. The predicted molar refractivity (Wildman–Crippen MR) is 99.7 cm³/mol. The summed E-state index contributed by atoms with van der Waals surface area (Å²) in [5.74, 6) is -2.21. The Labute approximate surface area is 161 Å². The van der Waals surface area contributed by atoms with Gasteiger partial charge in [-0.05, 0) is 36.2 Å². The van der Waals surface area contributed by atoms with Gasteiger partial charge in [-0.15, -0.1) is 0 Å². The van der Waals surface area contributed by atoms with E-state index in [1.807, 2.05) is 11.0 Å². The Hall–Kier alpha value is -2.84. The van der Waals surface area contributed by atoms with E-state index in [9.17, 15) is 23.5 Å². The van der Waals surface area contributed by atoms with Crippen molar-refractivity contribution in [1.82, 2.24) is 10.2 Å². The summed E-state index contributed by atoms with van der Waals surface area (Å²) >= 11 is 0. The summed E-state index contributed by atoms with van der Waals surface area (Å²) in [5.41, 5.74) is 1.03. The van der Waals surface area contributed by atoms with Gasteiger partial charge in [0.25, 0.3) is 5.91 Å². The first-order valence-corrected chi connectivity index (χ1v) is 8.96. The van der Waals surface area contributed by atoms with Crippen LogP contribution in [0.3, 0.4) is 0 Å². The monoisotopic (exact) mass is 389 g/mol. The lowest BCUT2D eigenvalue weighted by molar-refractivity contribution is -0.129. The fourth-order valence-electron chi connectivity index (χ4n) is 3.22. The van der Waals surface area contributed by atoms with E-state index in [1.165, 1.54) is 0 Å². The molecule has 0 spiro atoms. The van der Waals surface area contributed by atoms with Crippen molar-refractivity contribution in [3.05, 3.63) is 65.2 Å². The minimum Gasteiger partial charge on any atom is -0.396 e. The molecule has 1 atom stereocenters. The van der Waals surface area contributed by atoms with Crippen molar-refractivity contribution in [2.45, 2.75) is 19.0 Å². The van der Waals surface area contributed by atoms with E-state index >= 15 is 0 Å². The SMILES string of the molecule is O=C(Nc1ccc(F)cc1F)c1cccc(CN2CCNC(=O)[C@@H]2CCO)c1. The van der Waals surface area contributed by atoms with Crippen molar-refractivity contribution in [2.24, 2.45) is 0 Å². The fraction of sp³-hybridized carbons (Fsp3) is 0.300. The van der Waals surface area contributed by atoms with Gasteiger partial charge < -0.3 is 15.7 Å². The highest BCUT2D eigenvalue weighted by atomic mass is 19.1. The number of nitrogens with zero attached hydrogens (tertiary/aromatic N) is 1. The molecule has 8 heteroatoms. The van der Waals surface area contributed by atoms with Gasteiger partial charge in [0.1, 0.15) is 11.6 Å². The number of piperazine rings is 1. The van der Waals surface area contributed by atoms with Crippen molar-refractivity contribution in [3.63, 3.8) is 0 Å². The smallest absolute Gasteiger partial charge is 0.255 e. The van der Waals surface area contributed by atoms with Gasteiger partial charge in [-0.2, -0.15) is 0 Å². The van der Waals surface area contributed by atoms with E-state index in [0.29, 0.717) is 37.7 Å². The van der Waals surface area contributed by atoms with Crippen LogP contribution in [0.15, 0.2) is 42.5 Å². The molecule has 0 unspecified atom stereocenters. The van der Waals surface area contributed by atoms with Crippen LogP contribution in [0.4, 0.5) is 14.5 Å². The van der Waals surface area contributed by atoms with Gasteiger partial charge in [0.2, 0.25) is 5.91 Å². The molecule has 6 nitrogen and oxygen atoms in total. The summed E-state index contributed by atoms with van der Waals surface area (Å²) in [7, 11) is 0. The molecular weight excluding hydrogens is 368 g/mol. The molecule has 1 heterocycles. The zero-order valence-corrected chi connectivity index (χ0v) is 15.1. The zero-order valence-electron chi connectivity index (χ0n) is 15.1. The Morgan fingerprint density at radius 1 is 1.25 bits per heavy atom. The van der Waals surface area contributed by atoms with Crippen molar-refractivity contribution < 1.29 is 23.5 Å². The molecule has 3 N–H and O–H groups in total. The first-order valence-electron chi connectivity index (χ1n) is 8.96. The van der Waals surface area contributed by atoms with Crippen LogP contribution in [0.1, 0.15) is 22.3 Å². The molecule has 3 rings (SSSR count). The summed E-state index contributed by atoms with van der Waals surface area (Å²) in [6.07, 6.45) is 0.329. The predicted octanol–water partition coefficient (Wildman–Crippen LogP) is 1.90. The van der Waals surface area contributed by atoms with Gasteiger partial charge in [0, 0.05) is 37.9 Å². The minimum atomic E-state index is -0.851. The number of nitrogens with one attached hydrogen (secondary N) is 2. The standard InChI is InChI=1S/C20H21F2N3O3/c21-15-4-5-17(16(22)11-15)24-19(27)14-3-1-2-13(10-14)12-25-8-7-23-20(28)18(25)6-9-26/h1-5,10-11,18,26H,6-9,12H2,(H,23,28)(H,24,27)/t18-/m0/s1. The van der Waals surface area contributed by atoms with E-state index in [4.69, 9.17) is 0 Å². The maximum atomic E-state index is 13.7. The fourth-order valence-corrected chi connectivity index (χ4v) is 3.22. The molecule has 148 valence electrons.